The van der Waals surface area contributed by atoms with Crippen molar-refractivity contribution in [3.8, 4) is 11.4 Å². The Labute approximate surface area is 142 Å². The van der Waals surface area contributed by atoms with Crippen LogP contribution in [0.5, 0.6) is 0 Å². The number of aryl methyl sites for hydroxylation is 2. The van der Waals surface area contributed by atoms with Crippen LogP contribution in [0.25, 0.3) is 11.4 Å². The Kier molecular flexibility index (Phi) is 4.41. The van der Waals surface area contributed by atoms with E-state index in [9.17, 15) is 8.42 Å². The van der Waals surface area contributed by atoms with Crippen LogP contribution in [0.1, 0.15) is 30.4 Å². The predicted molar refractivity (Wildman–Crippen MR) is 90.3 cm³/mol. The van der Waals surface area contributed by atoms with E-state index in [-0.39, 0.29) is 6.04 Å². The molecule has 0 aromatic carbocycles. The van der Waals surface area contributed by atoms with E-state index < -0.39 is 10.2 Å². The van der Waals surface area contributed by atoms with Gasteiger partial charge < -0.3 is 4.57 Å². The number of hydrogen-bond donors (Lipinski definition) is 0. The lowest BCUT2D eigenvalue weighted by molar-refractivity contribution is 0.352. The summed E-state index contributed by atoms with van der Waals surface area (Å²) in [6.07, 6.45) is 4.98. The summed E-state index contributed by atoms with van der Waals surface area (Å²) in [6.45, 7) is 2.38. The van der Waals surface area contributed by atoms with Crippen LogP contribution in [-0.4, -0.2) is 57.2 Å². The maximum absolute atomic E-state index is 12.6. The third-order valence-electron chi connectivity index (χ3n) is 4.21. The minimum atomic E-state index is -3.49. The molecule has 0 N–H and O–H groups in total. The highest BCUT2D eigenvalue weighted by Gasteiger charge is 2.38. The van der Waals surface area contributed by atoms with Crippen LogP contribution < -0.4 is 0 Å². The molecule has 2 aromatic rings. The first kappa shape index (κ1) is 17.0. The average molecular weight is 350 g/mol. The van der Waals surface area contributed by atoms with Crippen molar-refractivity contribution in [1.29, 1.82) is 0 Å². The molecule has 1 saturated heterocycles. The lowest BCUT2D eigenvalue weighted by Gasteiger charge is -2.26. The molecule has 0 bridgehead atoms. The molecule has 1 fully saturated rings. The topological polar surface area (TPSA) is 84.2 Å². The zero-order chi connectivity index (χ0) is 17.5. The second kappa shape index (κ2) is 6.23. The fourth-order valence-electron chi connectivity index (χ4n) is 2.96. The van der Waals surface area contributed by atoms with Gasteiger partial charge in [0.1, 0.15) is 5.82 Å². The second-order valence-corrected chi connectivity index (χ2v) is 8.30. The van der Waals surface area contributed by atoms with E-state index in [4.69, 9.17) is 0 Å². The van der Waals surface area contributed by atoms with Gasteiger partial charge in [-0.1, -0.05) is 0 Å². The third kappa shape index (κ3) is 2.94. The van der Waals surface area contributed by atoms with Gasteiger partial charge in [-0.05, 0) is 25.8 Å². The summed E-state index contributed by atoms with van der Waals surface area (Å²) in [5, 5.41) is 0. The number of hydrogen-bond acceptors (Lipinski definition) is 5. The van der Waals surface area contributed by atoms with Crippen molar-refractivity contribution in [2.75, 3.05) is 20.6 Å². The van der Waals surface area contributed by atoms with Gasteiger partial charge in [-0.3, -0.25) is 0 Å². The van der Waals surface area contributed by atoms with E-state index in [1.807, 2.05) is 24.6 Å². The fraction of sp³-hybridized carbons (Fsp3) is 0.533. The van der Waals surface area contributed by atoms with Gasteiger partial charge in [0.05, 0.1) is 30.0 Å². The minimum absolute atomic E-state index is 0.329. The SMILES string of the molecule is Cc1cc(-c2cncn2C)nc([C@H]2CCCN2S(=O)(=O)N(C)C)n1. The van der Waals surface area contributed by atoms with Crippen molar-refractivity contribution >= 4 is 10.2 Å². The molecule has 3 rings (SSSR count). The second-order valence-electron chi connectivity index (χ2n) is 6.20. The molecule has 2 aromatic heterocycles. The van der Waals surface area contributed by atoms with Crippen molar-refractivity contribution in [3.63, 3.8) is 0 Å². The summed E-state index contributed by atoms with van der Waals surface area (Å²) in [5.74, 6) is 0.550. The Morgan fingerprint density at radius 1 is 1.29 bits per heavy atom. The zero-order valence-corrected chi connectivity index (χ0v) is 15.2. The first-order valence-electron chi connectivity index (χ1n) is 7.82. The lowest BCUT2D eigenvalue weighted by Crippen LogP contribution is -2.40. The van der Waals surface area contributed by atoms with E-state index in [0.29, 0.717) is 12.4 Å². The summed E-state index contributed by atoms with van der Waals surface area (Å²) in [7, 11) is 1.50. The molecule has 3 heterocycles. The molecule has 24 heavy (non-hydrogen) atoms. The Hall–Kier alpha value is -1.84. The molecular weight excluding hydrogens is 328 g/mol. The molecule has 0 saturated carbocycles. The normalized spacial score (nSPS) is 19.3. The van der Waals surface area contributed by atoms with Crippen LogP contribution in [0.4, 0.5) is 0 Å². The Morgan fingerprint density at radius 3 is 2.67 bits per heavy atom. The Morgan fingerprint density at radius 2 is 2.04 bits per heavy atom. The predicted octanol–water partition coefficient (Wildman–Crippen LogP) is 1.13. The van der Waals surface area contributed by atoms with E-state index in [1.165, 1.54) is 8.61 Å². The lowest BCUT2D eigenvalue weighted by atomic mass is 10.2. The molecule has 1 aliphatic heterocycles. The monoisotopic (exact) mass is 350 g/mol. The summed E-state index contributed by atoms with van der Waals surface area (Å²) >= 11 is 0. The molecule has 0 aliphatic carbocycles. The van der Waals surface area contributed by atoms with Crippen LogP contribution in [0.15, 0.2) is 18.6 Å². The quantitative estimate of drug-likeness (QED) is 0.825. The van der Waals surface area contributed by atoms with Gasteiger partial charge in [0.15, 0.2) is 0 Å². The largest absolute Gasteiger partial charge is 0.332 e. The zero-order valence-electron chi connectivity index (χ0n) is 14.3. The van der Waals surface area contributed by atoms with Crippen molar-refractivity contribution in [2.24, 2.45) is 7.05 Å². The first-order valence-corrected chi connectivity index (χ1v) is 9.22. The standard InChI is InChI=1S/C15H22N6O2S/c1-11-8-12(14-9-16-10-20(14)4)18-15(17-11)13-6-5-7-21(13)24(22,23)19(2)3/h8-10,13H,5-7H2,1-4H3/t13-/m1/s1. The van der Waals surface area contributed by atoms with Crippen LogP contribution in [0.3, 0.4) is 0 Å². The number of aromatic nitrogens is 4. The molecule has 0 spiro atoms. The number of imidazole rings is 1. The molecule has 130 valence electrons. The molecule has 0 radical (unpaired) electrons. The third-order valence-corrected chi connectivity index (χ3v) is 6.16. The molecule has 1 atom stereocenters. The van der Waals surface area contributed by atoms with Crippen LogP contribution >= 0.6 is 0 Å². The van der Waals surface area contributed by atoms with Crippen molar-refractivity contribution in [1.82, 2.24) is 28.1 Å². The van der Waals surface area contributed by atoms with E-state index in [0.717, 1.165) is 29.9 Å². The average Bonchev–Trinajstić information content (AvgIpc) is 3.15. The maximum atomic E-state index is 12.6. The van der Waals surface area contributed by atoms with E-state index >= 15 is 0 Å². The summed E-state index contributed by atoms with van der Waals surface area (Å²) in [5.41, 5.74) is 2.44. The van der Waals surface area contributed by atoms with Crippen molar-refractivity contribution in [2.45, 2.75) is 25.8 Å². The summed E-state index contributed by atoms with van der Waals surface area (Å²) < 4.78 is 29.7. The molecule has 8 nitrogen and oxygen atoms in total. The molecular formula is C15H22N6O2S. The van der Waals surface area contributed by atoms with Crippen molar-refractivity contribution in [3.05, 3.63) is 30.1 Å². The van der Waals surface area contributed by atoms with Crippen LogP contribution in [0.2, 0.25) is 0 Å². The van der Waals surface area contributed by atoms with Crippen LogP contribution in [0, 0.1) is 6.92 Å². The smallest absolute Gasteiger partial charge is 0.282 e. The molecule has 0 amide bonds. The minimum Gasteiger partial charge on any atom is -0.332 e. The van der Waals surface area contributed by atoms with Gasteiger partial charge in [-0.2, -0.15) is 17.0 Å². The number of nitrogens with zero attached hydrogens (tertiary/aromatic N) is 6. The van der Waals surface area contributed by atoms with Gasteiger partial charge in [0, 0.05) is 33.4 Å². The Bertz CT molecular complexity index is 845. The van der Waals surface area contributed by atoms with E-state index in [2.05, 4.69) is 15.0 Å². The van der Waals surface area contributed by atoms with Gasteiger partial charge in [-0.15, -0.1) is 0 Å². The number of rotatable bonds is 4. The van der Waals surface area contributed by atoms with Gasteiger partial charge in [-0.25, -0.2) is 15.0 Å². The van der Waals surface area contributed by atoms with E-state index in [1.54, 1.807) is 26.6 Å². The first-order chi connectivity index (χ1) is 11.3. The highest BCUT2D eigenvalue weighted by atomic mass is 32.2. The van der Waals surface area contributed by atoms with Gasteiger partial charge in [0.25, 0.3) is 10.2 Å². The van der Waals surface area contributed by atoms with Crippen LogP contribution in [-0.2, 0) is 17.3 Å². The summed E-state index contributed by atoms with van der Waals surface area (Å²) in [4.78, 5) is 13.3. The van der Waals surface area contributed by atoms with Gasteiger partial charge >= 0.3 is 0 Å². The molecule has 1 aliphatic rings. The summed E-state index contributed by atoms with van der Waals surface area (Å²) in [6, 6.07) is 1.56. The van der Waals surface area contributed by atoms with Crippen molar-refractivity contribution < 1.29 is 8.42 Å². The maximum Gasteiger partial charge on any atom is 0.282 e. The molecule has 0 unspecified atom stereocenters. The fourth-order valence-corrected chi connectivity index (χ4v) is 4.26. The Balaban J connectivity index is 2.03. The highest BCUT2D eigenvalue weighted by molar-refractivity contribution is 7.86. The highest BCUT2D eigenvalue weighted by Crippen LogP contribution is 2.34. The van der Waals surface area contributed by atoms with Gasteiger partial charge in [0.2, 0.25) is 0 Å². The molecule has 9 heteroatoms.